The monoisotopic (exact) mass is 188 g/mol. The van der Waals surface area contributed by atoms with Crippen LogP contribution in [0.15, 0.2) is 42.5 Å². The van der Waals surface area contributed by atoms with E-state index in [9.17, 15) is 0 Å². The fraction of sp³-hybridized carbons (Fsp3) is 0.143. The molecule has 1 aliphatic carbocycles. The molecule has 1 atom stereocenters. The van der Waals surface area contributed by atoms with E-state index in [-0.39, 0.29) is 20.3 Å². The van der Waals surface area contributed by atoms with Crippen molar-refractivity contribution < 1.29 is 20.3 Å². The van der Waals surface area contributed by atoms with Crippen LogP contribution in [0.3, 0.4) is 0 Å². The van der Waals surface area contributed by atoms with Gasteiger partial charge in [-0.1, -0.05) is 55.5 Å². The summed E-state index contributed by atoms with van der Waals surface area (Å²) < 4.78 is 0. The summed E-state index contributed by atoms with van der Waals surface area (Å²) in [6.07, 6.45) is 4.53. The zero-order valence-electron chi connectivity index (χ0n) is 10.2. The van der Waals surface area contributed by atoms with Gasteiger partial charge >= 0.3 is 18.9 Å². The Morgan fingerprint density at radius 3 is 2.73 bits per heavy atom. The van der Waals surface area contributed by atoms with Crippen molar-refractivity contribution in [1.29, 1.82) is 0 Å². The van der Waals surface area contributed by atoms with Crippen molar-refractivity contribution in [3.8, 4) is 0 Å². The molecule has 1 heteroatoms. The van der Waals surface area contributed by atoms with Gasteiger partial charge in [0.25, 0.3) is 0 Å². The smallest absolute Gasteiger partial charge is 1.00 e. The van der Waals surface area contributed by atoms with Crippen LogP contribution in [0.2, 0.25) is 0 Å². The molecule has 0 bridgehead atoms. The Labute approximate surface area is 104 Å². The topological polar surface area (TPSA) is 0 Å². The molecule has 0 aliphatic heterocycles. The average Bonchev–Trinajstić information content (AvgIpc) is 2.61. The van der Waals surface area contributed by atoms with Crippen LogP contribution in [-0.2, 0) is 0 Å². The van der Waals surface area contributed by atoms with Crippen LogP contribution in [0.25, 0.3) is 16.8 Å². The van der Waals surface area contributed by atoms with Gasteiger partial charge in [-0.05, 0) is 27.8 Å². The number of hydrogen-bond donors (Lipinski definition) is 0. The third kappa shape index (κ3) is 1.55. The van der Waals surface area contributed by atoms with E-state index in [1.165, 1.54) is 21.9 Å². The van der Waals surface area contributed by atoms with Gasteiger partial charge in [-0.15, -0.1) is 0 Å². The quantitative estimate of drug-likeness (QED) is 0.543. The minimum absolute atomic E-state index is 0. The van der Waals surface area contributed by atoms with Crippen LogP contribution >= 0.6 is 0 Å². The molecule has 0 saturated carbocycles. The first kappa shape index (κ1) is 10.6. The van der Waals surface area contributed by atoms with Crippen molar-refractivity contribution in [3.05, 3.63) is 53.6 Å². The zero-order chi connectivity index (χ0) is 9.54. The molecular weight excluding hydrogens is 175 g/mol. The second-order valence-electron chi connectivity index (χ2n) is 3.94. The van der Waals surface area contributed by atoms with Gasteiger partial charge in [0.05, 0.1) is 0 Å². The normalized spacial score (nSPS) is 17.5. The van der Waals surface area contributed by atoms with E-state index in [4.69, 9.17) is 0 Å². The van der Waals surface area contributed by atoms with Crippen molar-refractivity contribution in [3.63, 3.8) is 0 Å². The van der Waals surface area contributed by atoms with E-state index < -0.39 is 0 Å². The van der Waals surface area contributed by atoms with Crippen LogP contribution in [0.5, 0.6) is 0 Å². The molecule has 0 N–H and O–H groups in total. The standard InChI is InChI=1S/C14H12.Li.H/c1-10-6-8-14-12(10)9-7-11-4-2-3-5-13(11)14;;/h2-10H,1H3;;/q;+1;-1. The Morgan fingerprint density at radius 1 is 1.07 bits per heavy atom. The Balaban J connectivity index is 0.000000640. The Morgan fingerprint density at radius 2 is 1.87 bits per heavy atom. The third-order valence-corrected chi connectivity index (χ3v) is 3.05. The van der Waals surface area contributed by atoms with Crippen LogP contribution in [0.1, 0.15) is 25.4 Å². The minimum Gasteiger partial charge on any atom is -1.00 e. The maximum Gasteiger partial charge on any atom is 1.00 e. The molecule has 0 saturated heterocycles. The molecule has 0 heterocycles. The van der Waals surface area contributed by atoms with Gasteiger partial charge in [0.2, 0.25) is 0 Å². The number of hydrogen-bond acceptors (Lipinski definition) is 0. The van der Waals surface area contributed by atoms with Crippen molar-refractivity contribution in [1.82, 2.24) is 0 Å². The number of benzene rings is 2. The van der Waals surface area contributed by atoms with Gasteiger partial charge in [0.15, 0.2) is 0 Å². The van der Waals surface area contributed by atoms with Crippen molar-refractivity contribution in [2.75, 3.05) is 0 Å². The minimum atomic E-state index is 0. The van der Waals surface area contributed by atoms with E-state index in [2.05, 4.69) is 55.5 Å². The van der Waals surface area contributed by atoms with Gasteiger partial charge in [-0.3, -0.25) is 0 Å². The maximum atomic E-state index is 2.27. The molecule has 0 radical (unpaired) electrons. The number of rotatable bonds is 0. The molecule has 0 nitrogen and oxygen atoms in total. The first-order valence-corrected chi connectivity index (χ1v) is 5.06. The molecule has 0 spiro atoms. The first-order chi connectivity index (χ1) is 6.86. The van der Waals surface area contributed by atoms with Crippen molar-refractivity contribution in [2.24, 2.45) is 0 Å². The van der Waals surface area contributed by atoms with Crippen LogP contribution < -0.4 is 18.9 Å². The Hall–Kier alpha value is -0.963. The van der Waals surface area contributed by atoms with E-state index in [1.54, 1.807) is 0 Å². The molecule has 0 aromatic heterocycles. The first-order valence-electron chi connectivity index (χ1n) is 5.06. The fourth-order valence-corrected chi connectivity index (χ4v) is 2.24. The zero-order valence-corrected chi connectivity index (χ0v) is 9.20. The maximum absolute atomic E-state index is 2.27. The molecule has 15 heavy (non-hydrogen) atoms. The van der Waals surface area contributed by atoms with Gasteiger partial charge in [0, 0.05) is 0 Å². The number of allylic oxidation sites excluding steroid dienone is 1. The second-order valence-corrected chi connectivity index (χ2v) is 3.94. The Bertz CT molecular complexity index is 531. The molecule has 70 valence electrons. The van der Waals surface area contributed by atoms with Gasteiger partial charge in [0.1, 0.15) is 0 Å². The molecular formula is C14H13Li. The molecule has 1 aliphatic rings. The third-order valence-electron chi connectivity index (χ3n) is 3.05. The largest absolute Gasteiger partial charge is 1.00 e. The predicted molar refractivity (Wildman–Crippen MR) is 62.5 cm³/mol. The van der Waals surface area contributed by atoms with Crippen molar-refractivity contribution in [2.45, 2.75) is 12.8 Å². The predicted octanol–water partition coefficient (Wildman–Crippen LogP) is 1.09. The van der Waals surface area contributed by atoms with E-state index in [0.29, 0.717) is 5.92 Å². The summed E-state index contributed by atoms with van der Waals surface area (Å²) in [5, 5.41) is 2.72. The summed E-state index contributed by atoms with van der Waals surface area (Å²) in [5.41, 5.74) is 2.87. The van der Waals surface area contributed by atoms with E-state index >= 15 is 0 Å². The van der Waals surface area contributed by atoms with Gasteiger partial charge in [-0.2, -0.15) is 0 Å². The molecule has 1 unspecified atom stereocenters. The number of fused-ring (bicyclic) bond motifs is 3. The Kier molecular flexibility index (Phi) is 2.74. The van der Waals surface area contributed by atoms with Crippen LogP contribution in [0, 0.1) is 0 Å². The fourth-order valence-electron chi connectivity index (χ4n) is 2.24. The van der Waals surface area contributed by atoms with E-state index in [1.807, 2.05) is 0 Å². The summed E-state index contributed by atoms with van der Waals surface area (Å²) in [6.45, 7) is 2.25. The summed E-state index contributed by atoms with van der Waals surface area (Å²) in [7, 11) is 0. The van der Waals surface area contributed by atoms with Gasteiger partial charge < -0.3 is 1.43 Å². The molecule has 0 amide bonds. The van der Waals surface area contributed by atoms with Crippen molar-refractivity contribution >= 4 is 16.8 Å². The molecule has 3 rings (SSSR count). The second kappa shape index (κ2) is 3.89. The molecule has 2 aromatic rings. The van der Waals surface area contributed by atoms with Gasteiger partial charge in [-0.25, -0.2) is 0 Å². The van der Waals surface area contributed by atoms with Crippen LogP contribution in [-0.4, -0.2) is 0 Å². The van der Waals surface area contributed by atoms with E-state index in [0.717, 1.165) is 0 Å². The average molecular weight is 188 g/mol. The summed E-state index contributed by atoms with van der Waals surface area (Å²) >= 11 is 0. The van der Waals surface area contributed by atoms with Crippen LogP contribution in [0.4, 0.5) is 0 Å². The SMILES string of the molecule is CC1C=Cc2c1ccc1ccccc21.[H-].[Li+]. The summed E-state index contributed by atoms with van der Waals surface area (Å²) in [5.74, 6) is 0.578. The summed E-state index contributed by atoms with van der Waals surface area (Å²) in [4.78, 5) is 0. The summed E-state index contributed by atoms with van der Waals surface area (Å²) in [6, 6.07) is 13.1. The molecule has 2 aromatic carbocycles. The molecule has 0 fully saturated rings.